The van der Waals surface area contributed by atoms with Crippen molar-refractivity contribution < 1.29 is 33.0 Å². The van der Waals surface area contributed by atoms with E-state index in [9.17, 15) is 28.3 Å². The van der Waals surface area contributed by atoms with Crippen LogP contribution >= 0.6 is 0 Å². The summed E-state index contributed by atoms with van der Waals surface area (Å²) in [5.41, 5.74) is -2.05. The minimum atomic E-state index is -0.947. The lowest BCUT2D eigenvalue weighted by Crippen LogP contribution is -2.63. The van der Waals surface area contributed by atoms with E-state index < -0.39 is 53.2 Å². The van der Waals surface area contributed by atoms with Crippen LogP contribution in [0, 0.1) is 45.6 Å². The Kier molecular flexibility index (Phi) is 7.47. The Bertz CT molecular complexity index is 1140. The number of carbonyl (C=O) groups is 3. The highest BCUT2D eigenvalue weighted by atomic mass is 19.1. The number of nitrogens with one attached hydrogen (secondary N) is 2. The van der Waals surface area contributed by atoms with Crippen molar-refractivity contribution in [1.82, 2.24) is 5.32 Å². The molecule has 0 saturated heterocycles. The number of ketones is 1. The summed E-state index contributed by atoms with van der Waals surface area (Å²) < 4.78 is 33.0. The number of anilines is 1. The van der Waals surface area contributed by atoms with Gasteiger partial charge in [-0.2, -0.15) is 0 Å². The van der Waals surface area contributed by atoms with Crippen LogP contribution in [0.2, 0.25) is 0 Å². The lowest BCUT2D eigenvalue weighted by atomic mass is 9.44. The molecule has 4 rings (SSSR count). The molecule has 0 unspecified atom stereocenters. The Morgan fingerprint density at radius 1 is 1.24 bits per heavy atom. The summed E-state index contributed by atoms with van der Waals surface area (Å²) in [6.07, 6.45) is 3.33. The quantitative estimate of drug-likeness (QED) is 0.366. The van der Waals surface area contributed by atoms with E-state index in [4.69, 9.17) is 4.74 Å². The molecule has 0 heterocycles. The Balaban J connectivity index is 1.57. The first kappa shape index (κ1) is 28.2. The van der Waals surface area contributed by atoms with Crippen molar-refractivity contribution in [2.24, 2.45) is 34.0 Å². The molecule has 3 fully saturated rings. The highest BCUT2D eigenvalue weighted by Gasteiger charge is 2.68. The van der Waals surface area contributed by atoms with E-state index in [1.54, 1.807) is 6.08 Å². The molecule has 9 heteroatoms. The van der Waals surface area contributed by atoms with Crippen LogP contribution in [0.25, 0.3) is 0 Å². The number of amides is 2. The van der Waals surface area contributed by atoms with Crippen molar-refractivity contribution in [3.8, 4) is 0 Å². The van der Waals surface area contributed by atoms with E-state index in [0.29, 0.717) is 18.9 Å². The predicted molar refractivity (Wildman–Crippen MR) is 138 cm³/mol. The van der Waals surface area contributed by atoms with Crippen LogP contribution in [0.5, 0.6) is 0 Å². The molecule has 3 aliphatic rings. The van der Waals surface area contributed by atoms with Crippen LogP contribution < -0.4 is 10.6 Å². The first-order chi connectivity index (χ1) is 17.8. The number of carbonyl (C=O) groups excluding carboxylic acids is 3. The molecule has 3 aliphatic carbocycles. The topological polar surface area (TPSA) is 105 Å². The maximum absolute atomic E-state index is 13.9. The molecule has 7 nitrogen and oxygen atoms in total. The van der Waals surface area contributed by atoms with Crippen LogP contribution in [0.1, 0.15) is 59.8 Å². The number of urea groups is 1. The van der Waals surface area contributed by atoms with E-state index in [1.165, 1.54) is 0 Å². The van der Waals surface area contributed by atoms with Crippen LogP contribution in [-0.4, -0.2) is 41.6 Å². The first-order valence-electron chi connectivity index (χ1n) is 13.3. The van der Waals surface area contributed by atoms with E-state index in [-0.39, 0.29) is 41.1 Å². The molecule has 208 valence electrons. The third-order valence-corrected chi connectivity index (χ3v) is 10.1. The number of hydrogen-bond donors (Lipinski definition) is 3. The van der Waals surface area contributed by atoms with Crippen molar-refractivity contribution in [3.05, 3.63) is 42.5 Å². The summed E-state index contributed by atoms with van der Waals surface area (Å²) in [5.74, 6) is -2.70. The molecule has 38 heavy (non-hydrogen) atoms. The third-order valence-electron chi connectivity index (χ3n) is 10.1. The summed E-state index contributed by atoms with van der Waals surface area (Å²) in [4.78, 5) is 38.7. The summed E-state index contributed by atoms with van der Waals surface area (Å²) >= 11 is 0. The third kappa shape index (κ3) is 4.52. The van der Waals surface area contributed by atoms with Gasteiger partial charge in [-0.05, 0) is 55.1 Å². The predicted octanol–water partition coefficient (Wildman–Crippen LogP) is 4.99. The number of ether oxygens (including phenoxy) is 1. The summed E-state index contributed by atoms with van der Waals surface area (Å²) in [6.45, 7) is 11.6. The average Bonchev–Trinajstić information content (AvgIpc) is 3.23. The van der Waals surface area contributed by atoms with Gasteiger partial charge in [-0.3, -0.25) is 9.59 Å². The van der Waals surface area contributed by atoms with Gasteiger partial charge in [-0.1, -0.05) is 33.8 Å². The number of aliphatic hydroxyl groups is 1. The number of benzene rings is 1. The maximum Gasteiger partial charge on any atom is 0.325 e. The fourth-order valence-electron chi connectivity index (χ4n) is 7.61. The molecule has 1 aromatic rings. The molecule has 8 atom stereocenters. The number of Topliss-reactive ketones (excluding diaryl/α,β-unsaturated/α-hetero) is 1. The van der Waals surface area contributed by atoms with E-state index in [0.717, 1.165) is 25.0 Å². The normalized spacial score (nSPS) is 38.4. The number of halogens is 2. The van der Waals surface area contributed by atoms with Crippen LogP contribution in [0.4, 0.5) is 19.3 Å². The highest BCUT2D eigenvalue weighted by molar-refractivity contribution is 5.91. The van der Waals surface area contributed by atoms with Gasteiger partial charge in [0.25, 0.3) is 0 Å². The molecule has 2 bridgehead atoms. The molecule has 3 saturated carbocycles. The Morgan fingerprint density at radius 2 is 1.95 bits per heavy atom. The van der Waals surface area contributed by atoms with Gasteiger partial charge in [0.05, 0.1) is 11.8 Å². The molecular formula is C29H38F2N2O5. The van der Waals surface area contributed by atoms with Crippen LogP contribution in [0.15, 0.2) is 30.9 Å². The molecule has 0 spiro atoms. The fraction of sp³-hybridized carbons (Fsp3) is 0.621. The van der Waals surface area contributed by atoms with Gasteiger partial charge < -0.3 is 20.5 Å². The molecule has 0 radical (unpaired) electrons. The van der Waals surface area contributed by atoms with E-state index >= 15 is 0 Å². The molecular weight excluding hydrogens is 494 g/mol. The van der Waals surface area contributed by atoms with Crippen LogP contribution in [0.3, 0.4) is 0 Å². The van der Waals surface area contributed by atoms with Gasteiger partial charge in [0.2, 0.25) is 0 Å². The van der Waals surface area contributed by atoms with Crippen molar-refractivity contribution >= 4 is 23.5 Å². The summed E-state index contributed by atoms with van der Waals surface area (Å²) in [6, 6.07) is 1.87. The Morgan fingerprint density at radius 3 is 2.61 bits per heavy atom. The summed E-state index contributed by atoms with van der Waals surface area (Å²) in [5, 5.41) is 16.2. The number of aliphatic hydroxyl groups excluding tert-OH is 1. The van der Waals surface area contributed by atoms with Crippen molar-refractivity contribution in [3.63, 3.8) is 0 Å². The first-order valence-corrected chi connectivity index (χ1v) is 13.3. The van der Waals surface area contributed by atoms with E-state index in [2.05, 4.69) is 24.1 Å². The second kappa shape index (κ2) is 10.1. The molecule has 2 amide bonds. The maximum atomic E-state index is 13.9. The molecule has 1 aromatic carbocycles. The fourth-order valence-corrected chi connectivity index (χ4v) is 7.61. The molecule has 0 aromatic heterocycles. The number of rotatable bonds is 5. The zero-order chi connectivity index (χ0) is 28.0. The number of hydrogen-bond acceptors (Lipinski definition) is 5. The molecule has 3 N–H and O–H groups in total. The Hall–Kier alpha value is -2.81. The van der Waals surface area contributed by atoms with Gasteiger partial charge in [-0.25, -0.2) is 13.6 Å². The van der Waals surface area contributed by atoms with Gasteiger partial charge in [0, 0.05) is 29.2 Å². The minimum Gasteiger partial charge on any atom is -0.460 e. The second-order valence-corrected chi connectivity index (χ2v) is 12.0. The lowest BCUT2D eigenvalue weighted by molar-refractivity contribution is -0.206. The zero-order valence-corrected chi connectivity index (χ0v) is 22.5. The smallest absolute Gasteiger partial charge is 0.325 e. The van der Waals surface area contributed by atoms with Gasteiger partial charge in [0.1, 0.15) is 30.1 Å². The monoisotopic (exact) mass is 532 g/mol. The van der Waals surface area contributed by atoms with Crippen molar-refractivity contribution in [1.29, 1.82) is 0 Å². The largest absolute Gasteiger partial charge is 0.460 e. The minimum absolute atomic E-state index is 0.0784. The summed E-state index contributed by atoms with van der Waals surface area (Å²) in [7, 11) is 0. The average molecular weight is 533 g/mol. The van der Waals surface area contributed by atoms with Gasteiger partial charge in [-0.15, -0.1) is 6.58 Å². The lowest BCUT2D eigenvalue weighted by Gasteiger charge is -2.61. The standard InChI is InChI=1S/C29H38F2N2O5/c1-6-27(4)14-22(38-23(35)15-32-26(37)33-20-8-7-18(30)13-19(20)31)28(5)16(2)9-11-29(17(3)25(27)36)12-10-21(34)24(28)29/h6-8,13,16-17,22,24-25,36H,1,9-12,14-15H2,2-5H3,(H2,32,33,37)/t16-,17+,22-,24+,25+,27-,28+,29+/m1/s1. The highest BCUT2D eigenvalue weighted by Crippen LogP contribution is 2.67. The zero-order valence-electron chi connectivity index (χ0n) is 22.5. The number of esters is 1. The van der Waals surface area contributed by atoms with Crippen molar-refractivity contribution in [2.75, 3.05) is 11.9 Å². The molecule has 0 aliphatic heterocycles. The van der Waals surface area contributed by atoms with Crippen LogP contribution in [-0.2, 0) is 14.3 Å². The van der Waals surface area contributed by atoms with Gasteiger partial charge >= 0.3 is 12.0 Å². The Labute approximate surface area is 222 Å². The SMILES string of the molecule is C=C[C@]1(C)C[C@@H](OC(=O)CNC(=O)Nc2ccc(F)cc2F)[C@]2(C)[C@H](C)CC[C@]3(CCC(=O)[C@H]32)[C@@H](C)[C@@H]1O. The second-order valence-electron chi connectivity index (χ2n) is 12.0. The van der Waals surface area contributed by atoms with E-state index in [1.807, 2.05) is 20.8 Å². The van der Waals surface area contributed by atoms with Gasteiger partial charge in [0.15, 0.2) is 0 Å². The van der Waals surface area contributed by atoms with Crippen molar-refractivity contribution in [2.45, 2.75) is 72.0 Å².